The van der Waals surface area contributed by atoms with Crippen molar-refractivity contribution in [2.24, 2.45) is 5.92 Å². The molecule has 2 unspecified atom stereocenters. The Morgan fingerprint density at radius 2 is 2.06 bits per heavy atom. The number of hydrogen-bond acceptors (Lipinski definition) is 3. The van der Waals surface area contributed by atoms with Crippen LogP contribution in [0, 0.1) is 5.92 Å². The van der Waals surface area contributed by atoms with Gasteiger partial charge in [0.2, 0.25) is 0 Å². The molecule has 2 heterocycles. The van der Waals surface area contributed by atoms with Crippen LogP contribution in [-0.4, -0.2) is 31.1 Å². The zero-order chi connectivity index (χ0) is 11.8. The molecule has 2 atom stereocenters. The topological polar surface area (TPSA) is 30.5 Å². The Balaban J connectivity index is 1.67. The molecule has 0 radical (unpaired) electrons. The van der Waals surface area contributed by atoms with Gasteiger partial charge in [0.15, 0.2) is 0 Å². The molecule has 3 fully saturated rings. The number of nitrogens with one attached hydrogen (secondary N) is 1. The second-order valence-electron chi connectivity index (χ2n) is 6.20. The molecule has 2 spiro atoms. The van der Waals surface area contributed by atoms with E-state index in [1.54, 1.807) is 0 Å². The van der Waals surface area contributed by atoms with E-state index in [1.165, 1.54) is 38.5 Å². The number of hydrogen-bond donors (Lipinski definition) is 1. The first-order chi connectivity index (χ1) is 8.26. The largest absolute Gasteiger partial charge is 0.377 e. The lowest BCUT2D eigenvalue weighted by Gasteiger charge is -2.53. The first-order valence-corrected chi connectivity index (χ1v) is 7.27. The van der Waals surface area contributed by atoms with Gasteiger partial charge in [-0.2, -0.15) is 0 Å². The Labute approximate surface area is 104 Å². The lowest BCUT2D eigenvalue weighted by atomic mass is 9.87. The van der Waals surface area contributed by atoms with Crippen molar-refractivity contribution in [3.63, 3.8) is 0 Å². The highest BCUT2D eigenvalue weighted by atomic mass is 16.5. The summed E-state index contributed by atoms with van der Waals surface area (Å²) in [6, 6.07) is 0. The first kappa shape index (κ1) is 11.9. The summed E-state index contributed by atoms with van der Waals surface area (Å²) in [4.78, 5) is 0. The van der Waals surface area contributed by atoms with E-state index < -0.39 is 0 Å². The summed E-state index contributed by atoms with van der Waals surface area (Å²) < 4.78 is 11.5. The Morgan fingerprint density at radius 3 is 2.76 bits per heavy atom. The van der Waals surface area contributed by atoms with E-state index in [9.17, 15) is 0 Å². The molecule has 1 N–H and O–H groups in total. The van der Waals surface area contributed by atoms with Crippen LogP contribution in [0.15, 0.2) is 0 Å². The van der Waals surface area contributed by atoms with E-state index in [-0.39, 0.29) is 11.3 Å². The maximum absolute atomic E-state index is 6.14. The third kappa shape index (κ3) is 2.25. The summed E-state index contributed by atoms with van der Waals surface area (Å²) in [5.74, 6) is 0.912. The van der Waals surface area contributed by atoms with Crippen LogP contribution in [0.4, 0.5) is 0 Å². The van der Waals surface area contributed by atoms with Crippen molar-refractivity contribution < 1.29 is 9.47 Å². The molecule has 3 aliphatic rings. The Kier molecular flexibility index (Phi) is 3.18. The molecule has 0 aromatic heterocycles. The molecular formula is C14H25NO2. The van der Waals surface area contributed by atoms with Crippen LogP contribution >= 0.6 is 0 Å². The number of rotatable bonds is 1. The Hall–Kier alpha value is -0.120. The fourth-order valence-corrected chi connectivity index (χ4v) is 3.65. The average Bonchev–Trinajstić information content (AvgIpc) is 2.50. The van der Waals surface area contributed by atoms with Crippen LogP contribution in [0.2, 0.25) is 0 Å². The minimum atomic E-state index is -0.0219. The fraction of sp³-hybridized carbons (Fsp3) is 1.00. The van der Waals surface area contributed by atoms with Gasteiger partial charge >= 0.3 is 0 Å². The molecule has 3 heteroatoms. The normalized spacial score (nSPS) is 41.1. The van der Waals surface area contributed by atoms with Gasteiger partial charge < -0.3 is 9.47 Å². The smallest absolute Gasteiger partial charge is 0.119 e. The SMILES string of the molecule is CCC1CCCC2(CC1)NC1(CCO2)COC1. The molecule has 0 aromatic rings. The highest BCUT2D eigenvalue weighted by Crippen LogP contribution is 2.39. The van der Waals surface area contributed by atoms with Crippen molar-refractivity contribution in [1.82, 2.24) is 5.32 Å². The monoisotopic (exact) mass is 239 g/mol. The van der Waals surface area contributed by atoms with E-state index in [4.69, 9.17) is 9.47 Å². The van der Waals surface area contributed by atoms with Gasteiger partial charge in [-0.25, -0.2) is 0 Å². The molecule has 98 valence electrons. The van der Waals surface area contributed by atoms with Gasteiger partial charge in [-0.1, -0.05) is 19.8 Å². The Bertz CT molecular complexity index is 277. The molecule has 0 aromatic carbocycles. The van der Waals surface area contributed by atoms with Gasteiger partial charge in [0, 0.05) is 0 Å². The molecule has 3 nitrogen and oxygen atoms in total. The predicted octanol–water partition coefficient (Wildman–Crippen LogP) is 2.45. The minimum Gasteiger partial charge on any atom is -0.377 e. The predicted molar refractivity (Wildman–Crippen MR) is 66.9 cm³/mol. The third-order valence-corrected chi connectivity index (χ3v) is 4.94. The molecule has 2 saturated heterocycles. The summed E-state index contributed by atoms with van der Waals surface area (Å²) >= 11 is 0. The van der Waals surface area contributed by atoms with Gasteiger partial charge in [0.25, 0.3) is 0 Å². The standard InChI is InChI=1S/C14H25NO2/c1-2-12-4-3-6-14(7-5-12)15-13(8-9-17-14)10-16-11-13/h12,15H,2-11H2,1H3. The second-order valence-corrected chi connectivity index (χ2v) is 6.20. The minimum absolute atomic E-state index is 0.0219. The van der Waals surface area contributed by atoms with Gasteiger partial charge in [0.1, 0.15) is 5.72 Å². The van der Waals surface area contributed by atoms with E-state index in [1.807, 2.05) is 0 Å². The molecule has 0 amide bonds. The summed E-state index contributed by atoms with van der Waals surface area (Å²) in [6.45, 7) is 5.00. The van der Waals surface area contributed by atoms with E-state index in [0.717, 1.165) is 32.2 Å². The van der Waals surface area contributed by atoms with Crippen molar-refractivity contribution in [3.8, 4) is 0 Å². The van der Waals surface area contributed by atoms with Gasteiger partial charge in [0.05, 0.1) is 25.4 Å². The Morgan fingerprint density at radius 1 is 1.18 bits per heavy atom. The van der Waals surface area contributed by atoms with Crippen molar-refractivity contribution in [1.29, 1.82) is 0 Å². The molecular weight excluding hydrogens is 214 g/mol. The molecule has 3 rings (SSSR count). The molecule has 0 bridgehead atoms. The molecule has 17 heavy (non-hydrogen) atoms. The lowest BCUT2D eigenvalue weighted by molar-refractivity contribution is -0.200. The summed E-state index contributed by atoms with van der Waals surface area (Å²) in [7, 11) is 0. The molecule has 1 aliphatic carbocycles. The molecule has 1 saturated carbocycles. The zero-order valence-electron chi connectivity index (χ0n) is 11.0. The first-order valence-electron chi connectivity index (χ1n) is 7.27. The van der Waals surface area contributed by atoms with Crippen LogP contribution in [0.3, 0.4) is 0 Å². The summed E-state index contributed by atoms with van der Waals surface area (Å²) in [5.41, 5.74) is 0.232. The quantitative estimate of drug-likeness (QED) is 0.762. The van der Waals surface area contributed by atoms with Crippen LogP contribution < -0.4 is 5.32 Å². The van der Waals surface area contributed by atoms with E-state index in [0.29, 0.717) is 0 Å². The highest BCUT2D eigenvalue weighted by molar-refractivity contribution is 5.02. The van der Waals surface area contributed by atoms with Gasteiger partial charge in [-0.05, 0) is 38.0 Å². The summed E-state index contributed by atoms with van der Waals surface area (Å²) in [6.07, 6.45) is 8.82. The van der Waals surface area contributed by atoms with Crippen LogP contribution in [-0.2, 0) is 9.47 Å². The summed E-state index contributed by atoms with van der Waals surface area (Å²) in [5, 5.41) is 3.82. The maximum Gasteiger partial charge on any atom is 0.119 e. The lowest BCUT2D eigenvalue weighted by Crippen LogP contribution is -2.71. The van der Waals surface area contributed by atoms with Gasteiger partial charge in [-0.3, -0.25) is 5.32 Å². The van der Waals surface area contributed by atoms with Crippen LogP contribution in [0.25, 0.3) is 0 Å². The third-order valence-electron chi connectivity index (χ3n) is 4.94. The van der Waals surface area contributed by atoms with Crippen molar-refractivity contribution in [2.45, 2.75) is 63.1 Å². The van der Waals surface area contributed by atoms with E-state index in [2.05, 4.69) is 12.2 Å². The van der Waals surface area contributed by atoms with Crippen LogP contribution in [0.1, 0.15) is 51.9 Å². The number of ether oxygens (including phenoxy) is 2. The fourth-order valence-electron chi connectivity index (χ4n) is 3.65. The van der Waals surface area contributed by atoms with Crippen LogP contribution in [0.5, 0.6) is 0 Å². The average molecular weight is 239 g/mol. The van der Waals surface area contributed by atoms with Crippen molar-refractivity contribution >= 4 is 0 Å². The highest BCUT2D eigenvalue weighted by Gasteiger charge is 2.49. The molecule has 2 aliphatic heterocycles. The second kappa shape index (κ2) is 4.52. The van der Waals surface area contributed by atoms with Crippen molar-refractivity contribution in [2.75, 3.05) is 19.8 Å². The van der Waals surface area contributed by atoms with Crippen molar-refractivity contribution in [3.05, 3.63) is 0 Å². The van der Waals surface area contributed by atoms with Gasteiger partial charge in [-0.15, -0.1) is 0 Å². The maximum atomic E-state index is 6.14. The zero-order valence-corrected chi connectivity index (χ0v) is 11.0. The van der Waals surface area contributed by atoms with E-state index >= 15 is 0 Å².